The Labute approximate surface area is 127 Å². The van der Waals surface area contributed by atoms with Gasteiger partial charge in [0.05, 0.1) is 0 Å². The molecule has 0 aromatic carbocycles. The summed E-state index contributed by atoms with van der Waals surface area (Å²) in [4.78, 5) is 12.0. The zero-order chi connectivity index (χ0) is 15.4. The minimum absolute atomic E-state index is 0.388. The van der Waals surface area contributed by atoms with Gasteiger partial charge in [0.15, 0.2) is 0 Å². The van der Waals surface area contributed by atoms with Crippen LogP contribution in [0.25, 0.3) is 0 Å². The Morgan fingerprint density at radius 1 is 1.00 bits per heavy atom. The molecular formula is C19H36O. The van der Waals surface area contributed by atoms with Crippen molar-refractivity contribution in [2.75, 3.05) is 0 Å². The van der Waals surface area contributed by atoms with Gasteiger partial charge in [0.2, 0.25) is 0 Å². The molecule has 0 aromatic rings. The second kappa shape index (κ2) is 12.2. The molecule has 0 N–H and O–H groups in total. The number of carbonyl (C=O) groups is 1. The van der Waals surface area contributed by atoms with Crippen LogP contribution in [0.5, 0.6) is 0 Å². The van der Waals surface area contributed by atoms with E-state index >= 15 is 0 Å². The normalized spacial score (nSPS) is 27.9. The van der Waals surface area contributed by atoms with Crippen molar-refractivity contribution in [1.29, 1.82) is 0 Å². The molecule has 2 aliphatic carbocycles. The standard InChI is InChI=1S/C15H24O.2C2H6/c1-2-3-8-15(16)14-10-9-12-6-4-5-7-13(12)11-14;2*1-2/h2,12-14H,1,3-11H2;2*1-2H3. The lowest BCUT2D eigenvalue weighted by molar-refractivity contribution is -0.125. The first-order valence-corrected chi connectivity index (χ1v) is 8.95. The predicted octanol–water partition coefficient (Wildman–Crippen LogP) is 6.18. The molecule has 2 aliphatic rings. The molecule has 0 bridgehead atoms. The zero-order valence-corrected chi connectivity index (χ0v) is 14.3. The van der Waals surface area contributed by atoms with Crippen molar-refractivity contribution < 1.29 is 4.79 Å². The van der Waals surface area contributed by atoms with Crippen LogP contribution in [-0.4, -0.2) is 5.78 Å². The fourth-order valence-corrected chi connectivity index (χ4v) is 3.61. The summed E-state index contributed by atoms with van der Waals surface area (Å²) in [7, 11) is 0. The van der Waals surface area contributed by atoms with Crippen LogP contribution in [0.1, 0.15) is 85.5 Å². The molecule has 0 aromatic heterocycles. The summed E-state index contributed by atoms with van der Waals surface area (Å²) in [5, 5.41) is 0. The van der Waals surface area contributed by atoms with Crippen LogP contribution in [0.2, 0.25) is 0 Å². The average molecular weight is 280 g/mol. The number of Topliss-reactive ketones (excluding diaryl/α,β-unsaturated/α-hetero) is 1. The van der Waals surface area contributed by atoms with Gasteiger partial charge in [-0.25, -0.2) is 0 Å². The molecule has 118 valence electrons. The quantitative estimate of drug-likeness (QED) is 0.562. The third kappa shape index (κ3) is 6.24. The van der Waals surface area contributed by atoms with E-state index in [1.807, 2.05) is 33.8 Å². The number of allylic oxidation sites excluding steroid dienone is 1. The highest BCUT2D eigenvalue weighted by molar-refractivity contribution is 5.81. The van der Waals surface area contributed by atoms with E-state index in [-0.39, 0.29) is 0 Å². The molecule has 0 radical (unpaired) electrons. The first-order chi connectivity index (χ1) is 9.81. The molecule has 2 rings (SSSR count). The van der Waals surface area contributed by atoms with Crippen LogP contribution in [-0.2, 0) is 4.79 Å². The Morgan fingerprint density at radius 3 is 2.20 bits per heavy atom. The average Bonchev–Trinajstić information content (AvgIpc) is 2.56. The van der Waals surface area contributed by atoms with Crippen molar-refractivity contribution in [2.45, 2.75) is 85.5 Å². The highest BCUT2D eigenvalue weighted by Crippen LogP contribution is 2.43. The van der Waals surface area contributed by atoms with Gasteiger partial charge in [-0.2, -0.15) is 0 Å². The fraction of sp³-hybridized carbons (Fsp3) is 0.842. The molecule has 1 heteroatoms. The van der Waals surface area contributed by atoms with Crippen LogP contribution < -0.4 is 0 Å². The molecule has 3 atom stereocenters. The lowest BCUT2D eigenvalue weighted by atomic mass is 9.66. The van der Waals surface area contributed by atoms with E-state index in [4.69, 9.17) is 0 Å². The fourth-order valence-electron chi connectivity index (χ4n) is 3.61. The Hall–Kier alpha value is -0.590. The largest absolute Gasteiger partial charge is 0.299 e. The van der Waals surface area contributed by atoms with E-state index in [2.05, 4.69) is 6.58 Å². The van der Waals surface area contributed by atoms with Gasteiger partial charge in [0.1, 0.15) is 5.78 Å². The Bertz CT molecular complexity index is 256. The lowest BCUT2D eigenvalue weighted by Crippen LogP contribution is -2.31. The summed E-state index contributed by atoms with van der Waals surface area (Å²) in [6, 6.07) is 0. The molecule has 0 saturated heterocycles. The number of ketones is 1. The molecule has 0 spiro atoms. The van der Waals surface area contributed by atoms with E-state index < -0.39 is 0 Å². The number of hydrogen-bond donors (Lipinski definition) is 0. The molecule has 0 aliphatic heterocycles. The van der Waals surface area contributed by atoms with E-state index in [0.717, 1.165) is 31.1 Å². The molecular weight excluding hydrogens is 244 g/mol. The van der Waals surface area contributed by atoms with Gasteiger partial charge in [0, 0.05) is 12.3 Å². The van der Waals surface area contributed by atoms with Crippen molar-refractivity contribution in [3.8, 4) is 0 Å². The molecule has 0 heterocycles. The summed E-state index contributed by atoms with van der Waals surface area (Å²) in [6.07, 6.45) is 12.8. The van der Waals surface area contributed by atoms with Gasteiger partial charge >= 0.3 is 0 Å². The third-order valence-corrected chi connectivity index (χ3v) is 4.59. The monoisotopic (exact) mass is 280 g/mol. The van der Waals surface area contributed by atoms with Crippen LogP contribution in [0.4, 0.5) is 0 Å². The van der Waals surface area contributed by atoms with E-state index in [1.54, 1.807) is 0 Å². The maximum Gasteiger partial charge on any atom is 0.136 e. The number of hydrogen-bond acceptors (Lipinski definition) is 1. The second-order valence-electron chi connectivity index (χ2n) is 5.61. The number of carbonyl (C=O) groups excluding carboxylic acids is 1. The highest BCUT2D eigenvalue weighted by Gasteiger charge is 2.34. The first-order valence-electron chi connectivity index (χ1n) is 8.95. The topological polar surface area (TPSA) is 17.1 Å². The smallest absolute Gasteiger partial charge is 0.136 e. The molecule has 20 heavy (non-hydrogen) atoms. The third-order valence-electron chi connectivity index (χ3n) is 4.59. The van der Waals surface area contributed by atoms with Crippen LogP contribution in [0, 0.1) is 17.8 Å². The highest BCUT2D eigenvalue weighted by atomic mass is 16.1. The zero-order valence-electron chi connectivity index (χ0n) is 14.3. The van der Waals surface area contributed by atoms with Gasteiger partial charge in [-0.05, 0) is 37.5 Å². The minimum atomic E-state index is 0.388. The van der Waals surface area contributed by atoms with Gasteiger partial charge in [0.25, 0.3) is 0 Å². The molecule has 3 unspecified atom stereocenters. The lowest BCUT2D eigenvalue weighted by Gasteiger charge is -2.38. The van der Waals surface area contributed by atoms with Gasteiger partial charge in [-0.15, -0.1) is 6.58 Å². The van der Waals surface area contributed by atoms with Crippen molar-refractivity contribution in [2.24, 2.45) is 17.8 Å². The summed E-state index contributed by atoms with van der Waals surface area (Å²) in [5.41, 5.74) is 0. The van der Waals surface area contributed by atoms with Crippen LogP contribution >= 0.6 is 0 Å². The molecule has 2 saturated carbocycles. The van der Waals surface area contributed by atoms with Crippen LogP contribution in [0.3, 0.4) is 0 Å². The molecule has 2 fully saturated rings. The van der Waals surface area contributed by atoms with E-state index in [1.165, 1.54) is 38.5 Å². The number of rotatable bonds is 4. The SMILES string of the molecule is C=CCCC(=O)C1CCC2CCCCC2C1.CC.CC. The van der Waals surface area contributed by atoms with E-state index in [0.29, 0.717) is 11.7 Å². The van der Waals surface area contributed by atoms with E-state index in [9.17, 15) is 4.79 Å². The van der Waals surface area contributed by atoms with Gasteiger partial charge in [-0.3, -0.25) is 4.79 Å². The summed E-state index contributed by atoms with van der Waals surface area (Å²) < 4.78 is 0. The van der Waals surface area contributed by atoms with Gasteiger partial charge in [-0.1, -0.05) is 59.5 Å². The Balaban J connectivity index is 0.000000829. The summed E-state index contributed by atoms with van der Waals surface area (Å²) in [5.74, 6) is 2.72. The second-order valence-corrected chi connectivity index (χ2v) is 5.61. The van der Waals surface area contributed by atoms with Crippen molar-refractivity contribution in [3.05, 3.63) is 12.7 Å². The van der Waals surface area contributed by atoms with Crippen molar-refractivity contribution >= 4 is 5.78 Å². The van der Waals surface area contributed by atoms with Crippen molar-refractivity contribution in [3.63, 3.8) is 0 Å². The van der Waals surface area contributed by atoms with Gasteiger partial charge < -0.3 is 0 Å². The summed E-state index contributed by atoms with van der Waals surface area (Å²) in [6.45, 7) is 11.7. The molecule has 1 nitrogen and oxygen atoms in total. The maximum absolute atomic E-state index is 12.0. The van der Waals surface area contributed by atoms with Crippen LogP contribution in [0.15, 0.2) is 12.7 Å². The minimum Gasteiger partial charge on any atom is -0.299 e. The maximum atomic E-state index is 12.0. The first kappa shape index (κ1) is 19.4. The Kier molecular flexibility index (Phi) is 11.8. The summed E-state index contributed by atoms with van der Waals surface area (Å²) >= 11 is 0. The van der Waals surface area contributed by atoms with Crippen molar-refractivity contribution in [1.82, 2.24) is 0 Å². The molecule has 0 amide bonds. The number of fused-ring (bicyclic) bond motifs is 1. The predicted molar refractivity (Wildman–Crippen MR) is 89.9 cm³/mol. The Morgan fingerprint density at radius 2 is 1.60 bits per heavy atom.